The van der Waals surface area contributed by atoms with Gasteiger partial charge in [-0.25, -0.2) is 4.79 Å². The minimum atomic E-state index is -0.660. The number of carbonyl (C=O) groups excluding carboxylic acids is 1. The molecule has 0 aliphatic heterocycles. The first kappa shape index (κ1) is 9.93. The molecule has 0 fully saturated rings. The van der Waals surface area contributed by atoms with Crippen LogP contribution in [0.2, 0.25) is 0 Å². The summed E-state index contributed by atoms with van der Waals surface area (Å²) in [6, 6.07) is 4.43. The van der Waals surface area contributed by atoms with E-state index in [-0.39, 0.29) is 5.75 Å². The average Bonchev–Trinajstić information content (AvgIpc) is 2.19. The number of phenols is 1. The van der Waals surface area contributed by atoms with Crippen molar-refractivity contribution in [2.45, 2.75) is 0 Å². The quantitative estimate of drug-likeness (QED) is 0.271. The molecule has 14 heavy (non-hydrogen) atoms. The summed E-state index contributed by atoms with van der Waals surface area (Å²) in [4.78, 5) is 10.7. The van der Waals surface area contributed by atoms with Gasteiger partial charge in [-0.3, -0.25) is 0 Å². The summed E-state index contributed by atoms with van der Waals surface area (Å²) in [6.07, 6.45) is 0. The molecular weight excluding hydrogens is 182 g/mol. The zero-order valence-electron chi connectivity index (χ0n) is 7.57. The van der Waals surface area contributed by atoms with Crippen molar-refractivity contribution < 1.29 is 14.6 Å². The van der Waals surface area contributed by atoms with E-state index in [4.69, 9.17) is 5.73 Å². The Morgan fingerprint density at radius 2 is 2.29 bits per heavy atom. The Morgan fingerprint density at radius 3 is 2.93 bits per heavy atom. The Balaban J connectivity index is 3.00. The SMILES string of the molecule is COC(=O)C#Cc1cc(N)ccc1O. The van der Waals surface area contributed by atoms with Gasteiger partial charge in [-0.2, -0.15) is 0 Å². The van der Waals surface area contributed by atoms with Gasteiger partial charge in [0.15, 0.2) is 0 Å². The third kappa shape index (κ3) is 2.42. The smallest absolute Gasteiger partial charge is 0.384 e. The van der Waals surface area contributed by atoms with Crippen LogP contribution in [0.4, 0.5) is 5.69 Å². The van der Waals surface area contributed by atoms with Crippen LogP contribution in [0, 0.1) is 11.8 Å². The molecule has 0 spiro atoms. The number of esters is 1. The number of carbonyl (C=O) groups is 1. The topological polar surface area (TPSA) is 72.5 Å². The zero-order valence-corrected chi connectivity index (χ0v) is 7.57. The summed E-state index contributed by atoms with van der Waals surface area (Å²) >= 11 is 0. The zero-order chi connectivity index (χ0) is 10.6. The Morgan fingerprint density at radius 1 is 1.57 bits per heavy atom. The van der Waals surface area contributed by atoms with Gasteiger partial charge in [0.25, 0.3) is 0 Å². The summed E-state index contributed by atoms with van der Waals surface area (Å²) in [5.41, 5.74) is 6.24. The van der Waals surface area contributed by atoms with Gasteiger partial charge >= 0.3 is 5.97 Å². The summed E-state index contributed by atoms with van der Waals surface area (Å²) < 4.78 is 4.32. The Hall–Kier alpha value is -2.15. The lowest BCUT2D eigenvalue weighted by atomic mass is 10.2. The molecule has 0 amide bonds. The van der Waals surface area contributed by atoms with Crippen LogP contribution in [-0.4, -0.2) is 18.2 Å². The van der Waals surface area contributed by atoms with Crippen LogP contribution in [0.25, 0.3) is 0 Å². The van der Waals surface area contributed by atoms with Crippen molar-refractivity contribution in [3.8, 4) is 17.6 Å². The monoisotopic (exact) mass is 191 g/mol. The second kappa shape index (κ2) is 4.19. The molecule has 0 atom stereocenters. The van der Waals surface area contributed by atoms with Crippen molar-refractivity contribution in [3.63, 3.8) is 0 Å². The first-order valence-corrected chi connectivity index (χ1v) is 3.82. The largest absolute Gasteiger partial charge is 0.507 e. The van der Waals surface area contributed by atoms with E-state index in [1.54, 1.807) is 6.07 Å². The third-order valence-electron chi connectivity index (χ3n) is 1.51. The molecule has 4 heteroatoms. The van der Waals surface area contributed by atoms with E-state index in [0.717, 1.165) is 0 Å². The van der Waals surface area contributed by atoms with Crippen molar-refractivity contribution in [2.75, 3.05) is 12.8 Å². The van der Waals surface area contributed by atoms with Gasteiger partial charge in [0.2, 0.25) is 0 Å². The second-order valence-corrected chi connectivity index (χ2v) is 2.52. The number of aromatic hydroxyl groups is 1. The molecule has 0 saturated heterocycles. The van der Waals surface area contributed by atoms with E-state index in [1.807, 2.05) is 0 Å². The van der Waals surface area contributed by atoms with E-state index in [1.165, 1.54) is 19.2 Å². The highest BCUT2D eigenvalue weighted by molar-refractivity contribution is 5.89. The Kier molecular flexibility index (Phi) is 2.97. The van der Waals surface area contributed by atoms with E-state index in [2.05, 4.69) is 16.6 Å². The number of hydrogen-bond donors (Lipinski definition) is 2. The first-order chi connectivity index (χ1) is 6.63. The standard InChI is InChI=1S/C10H9NO3/c1-14-10(13)5-2-7-6-8(11)3-4-9(7)12/h3-4,6,12H,11H2,1H3. The van der Waals surface area contributed by atoms with E-state index >= 15 is 0 Å². The number of rotatable bonds is 0. The van der Waals surface area contributed by atoms with Crippen molar-refractivity contribution in [1.29, 1.82) is 0 Å². The molecular formula is C10H9NO3. The van der Waals surface area contributed by atoms with Crippen molar-refractivity contribution in [1.82, 2.24) is 0 Å². The maximum absolute atomic E-state index is 10.7. The fourth-order valence-electron chi connectivity index (χ4n) is 0.823. The molecule has 1 aromatic rings. The molecule has 0 heterocycles. The highest BCUT2D eigenvalue weighted by Gasteiger charge is 1.98. The van der Waals surface area contributed by atoms with Crippen LogP contribution in [0.1, 0.15) is 5.56 Å². The van der Waals surface area contributed by atoms with Crippen LogP contribution in [-0.2, 0) is 9.53 Å². The predicted molar refractivity (Wildman–Crippen MR) is 51.4 cm³/mol. The lowest BCUT2D eigenvalue weighted by Gasteiger charge is -1.97. The Labute approximate surface area is 81.3 Å². The molecule has 0 saturated carbocycles. The summed E-state index contributed by atoms with van der Waals surface area (Å²) in [5, 5.41) is 9.31. The first-order valence-electron chi connectivity index (χ1n) is 3.82. The number of phenolic OH excluding ortho intramolecular Hbond substituents is 1. The number of methoxy groups -OCH3 is 1. The summed E-state index contributed by atoms with van der Waals surface area (Å²) in [6.45, 7) is 0. The average molecular weight is 191 g/mol. The van der Waals surface area contributed by atoms with Crippen LogP contribution in [0.15, 0.2) is 18.2 Å². The lowest BCUT2D eigenvalue weighted by molar-refractivity contribution is -0.133. The van der Waals surface area contributed by atoms with E-state index in [0.29, 0.717) is 11.3 Å². The number of anilines is 1. The maximum atomic E-state index is 10.7. The lowest BCUT2D eigenvalue weighted by Crippen LogP contribution is -1.94. The minimum absolute atomic E-state index is 0.0180. The van der Waals surface area contributed by atoms with Gasteiger partial charge in [-0.1, -0.05) is 5.92 Å². The number of hydrogen-bond acceptors (Lipinski definition) is 4. The molecule has 1 rings (SSSR count). The van der Waals surface area contributed by atoms with Gasteiger partial charge in [-0.15, -0.1) is 0 Å². The molecule has 0 aliphatic rings. The normalized spacial score (nSPS) is 8.64. The molecule has 0 unspecified atom stereocenters. The van der Waals surface area contributed by atoms with Gasteiger partial charge in [0, 0.05) is 11.6 Å². The van der Waals surface area contributed by atoms with Crippen LogP contribution >= 0.6 is 0 Å². The van der Waals surface area contributed by atoms with E-state index in [9.17, 15) is 9.90 Å². The van der Waals surface area contributed by atoms with Crippen LogP contribution in [0.3, 0.4) is 0 Å². The number of ether oxygens (including phenoxy) is 1. The molecule has 0 bridgehead atoms. The number of nitrogens with two attached hydrogens (primary N) is 1. The molecule has 4 nitrogen and oxygen atoms in total. The van der Waals surface area contributed by atoms with Gasteiger partial charge in [-0.05, 0) is 18.2 Å². The summed E-state index contributed by atoms with van der Waals surface area (Å²) in [7, 11) is 1.23. The fraction of sp³-hybridized carbons (Fsp3) is 0.100. The molecule has 0 radical (unpaired) electrons. The highest BCUT2D eigenvalue weighted by Crippen LogP contribution is 2.18. The third-order valence-corrected chi connectivity index (χ3v) is 1.51. The number of nitrogen functional groups attached to an aromatic ring is 1. The molecule has 1 aromatic carbocycles. The molecule has 0 aromatic heterocycles. The van der Waals surface area contributed by atoms with Crippen molar-refractivity contribution >= 4 is 11.7 Å². The molecule has 72 valence electrons. The maximum Gasteiger partial charge on any atom is 0.384 e. The van der Waals surface area contributed by atoms with Crippen molar-refractivity contribution in [2.24, 2.45) is 0 Å². The highest BCUT2D eigenvalue weighted by atomic mass is 16.5. The van der Waals surface area contributed by atoms with Gasteiger partial charge < -0.3 is 15.6 Å². The van der Waals surface area contributed by atoms with Gasteiger partial charge in [0.05, 0.1) is 12.7 Å². The predicted octanol–water partition coefficient (Wildman–Crippen LogP) is 0.499. The Bertz CT molecular complexity index is 415. The minimum Gasteiger partial charge on any atom is -0.507 e. The molecule has 0 aliphatic carbocycles. The summed E-state index contributed by atoms with van der Waals surface area (Å²) in [5.74, 6) is 3.96. The van der Waals surface area contributed by atoms with Crippen LogP contribution < -0.4 is 5.73 Å². The number of benzene rings is 1. The van der Waals surface area contributed by atoms with E-state index < -0.39 is 5.97 Å². The van der Waals surface area contributed by atoms with Crippen molar-refractivity contribution in [3.05, 3.63) is 23.8 Å². The van der Waals surface area contributed by atoms with Crippen LogP contribution in [0.5, 0.6) is 5.75 Å². The molecule has 3 N–H and O–H groups in total. The van der Waals surface area contributed by atoms with Gasteiger partial charge in [0.1, 0.15) is 5.75 Å². The second-order valence-electron chi connectivity index (χ2n) is 2.52. The fourth-order valence-corrected chi connectivity index (χ4v) is 0.823.